The van der Waals surface area contributed by atoms with Crippen molar-refractivity contribution in [3.05, 3.63) is 0 Å². The molecule has 0 spiro atoms. The molecule has 0 radical (unpaired) electrons. The molecule has 6 nitrogen and oxygen atoms in total. The fraction of sp³-hybridized carbons (Fsp3) is 0.929. The summed E-state index contributed by atoms with van der Waals surface area (Å²) in [4.78, 5) is 11.8. The molecule has 10 heteroatoms. The monoisotopic (exact) mass is 373 g/mol. The number of urea groups is 1. The predicted octanol–water partition coefficient (Wildman–Crippen LogP) is 2.12. The highest BCUT2D eigenvalue weighted by Crippen LogP contribution is 2.25. The van der Waals surface area contributed by atoms with Crippen LogP contribution in [-0.4, -0.2) is 45.0 Å². The van der Waals surface area contributed by atoms with Gasteiger partial charge in [0.1, 0.15) is 6.04 Å². The van der Waals surface area contributed by atoms with E-state index in [0.717, 1.165) is 6.26 Å². The number of nitrogens with one attached hydrogen (secondary N) is 3. The summed E-state index contributed by atoms with van der Waals surface area (Å²) in [5, 5.41) is 4.55. The summed E-state index contributed by atoms with van der Waals surface area (Å²) in [5.74, 6) is -0.200. The first-order valence-corrected chi connectivity index (χ1v) is 9.87. The zero-order valence-corrected chi connectivity index (χ0v) is 14.9. The first-order valence-electron chi connectivity index (χ1n) is 7.98. The van der Waals surface area contributed by atoms with Crippen molar-refractivity contribution in [3.8, 4) is 0 Å². The number of rotatable bonds is 6. The van der Waals surface area contributed by atoms with Gasteiger partial charge in [-0.3, -0.25) is 0 Å². The van der Waals surface area contributed by atoms with E-state index in [-0.39, 0.29) is 24.4 Å². The molecule has 1 saturated carbocycles. The molecule has 0 aromatic heterocycles. The first-order chi connectivity index (χ1) is 10.9. The van der Waals surface area contributed by atoms with Crippen LogP contribution in [0.5, 0.6) is 0 Å². The molecule has 1 fully saturated rings. The maximum Gasteiger partial charge on any atom is 0.408 e. The SMILES string of the molecule is CC(C)C[C@H](NC(=O)NC1CCC(NS(C)(=O)=O)CC1)C(F)(F)F. The van der Waals surface area contributed by atoms with Crippen molar-refractivity contribution in [2.24, 2.45) is 5.92 Å². The average Bonchev–Trinajstić information content (AvgIpc) is 2.37. The molecule has 24 heavy (non-hydrogen) atoms. The van der Waals surface area contributed by atoms with Gasteiger partial charge in [0.05, 0.1) is 6.26 Å². The van der Waals surface area contributed by atoms with Crippen LogP contribution in [0.3, 0.4) is 0 Å². The van der Waals surface area contributed by atoms with Gasteiger partial charge in [-0.25, -0.2) is 17.9 Å². The lowest BCUT2D eigenvalue weighted by Gasteiger charge is -2.30. The molecule has 2 amide bonds. The fourth-order valence-electron chi connectivity index (χ4n) is 2.79. The summed E-state index contributed by atoms with van der Waals surface area (Å²) in [6, 6.07) is -3.15. The lowest BCUT2D eigenvalue weighted by molar-refractivity contribution is -0.156. The standard InChI is InChI=1S/C14H26F3N3O3S/c1-9(2)8-12(14(15,16)17)19-13(21)18-10-4-6-11(7-5-10)20-24(3,22)23/h9-12,20H,4-8H2,1-3H3,(H2,18,19,21)/t10?,11?,12-/m0/s1. The van der Waals surface area contributed by atoms with E-state index in [9.17, 15) is 26.4 Å². The van der Waals surface area contributed by atoms with E-state index < -0.39 is 28.3 Å². The zero-order valence-electron chi connectivity index (χ0n) is 14.1. The van der Waals surface area contributed by atoms with Crippen LogP contribution in [0.15, 0.2) is 0 Å². The minimum atomic E-state index is -4.49. The second kappa shape index (κ2) is 8.37. The maximum absolute atomic E-state index is 12.9. The maximum atomic E-state index is 12.9. The Bertz CT molecular complexity index is 515. The molecular formula is C14H26F3N3O3S. The van der Waals surface area contributed by atoms with Crippen LogP contribution in [-0.2, 0) is 10.0 Å². The van der Waals surface area contributed by atoms with E-state index in [1.165, 1.54) is 0 Å². The van der Waals surface area contributed by atoms with Crippen LogP contribution in [0.1, 0.15) is 46.0 Å². The van der Waals surface area contributed by atoms with Gasteiger partial charge < -0.3 is 10.6 Å². The van der Waals surface area contributed by atoms with E-state index in [4.69, 9.17) is 0 Å². The van der Waals surface area contributed by atoms with Gasteiger partial charge in [0.25, 0.3) is 0 Å². The van der Waals surface area contributed by atoms with Crippen LogP contribution in [0, 0.1) is 5.92 Å². The number of hydrogen-bond acceptors (Lipinski definition) is 3. The van der Waals surface area contributed by atoms with Gasteiger partial charge >= 0.3 is 12.2 Å². The van der Waals surface area contributed by atoms with Crippen molar-refractivity contribution in [1.29, 1.82) is 0 Å². The molecule has 0 aromatic carbocycles. The van der Waals surface area contributed by atoms with Crippen molar-refractivity contribution < 1.29 is 26.4 Å². The van der Waals surface area contributed by atoms with Crippen molar-refractivity contribution in [2.45, 2.75) is 70.3 Å². The Labute approximate surface area is 141 Å². The fourth-order valence-corrected chi connectivity index (χ4v) is 3.63. The van der Waals surface area contributed by atoms with Gasteiger partial charge in [-0.2, -0.15) is 13.2 Å². The number of sulfonamides is 1. The van der Waals surface area contributed by atoms with E-state index in [1.54, 1.807) is 13.8 Å². The van der Waals surface area contributed by atoms with E-state index in [0.29, 0.717) is 25.7 Å². The first kappa shape index (κ1) is 21.0. The molecule has 0 heterocycles. The highest BCUT2D eigenvalue weighted by atomic mass is 32.2. The Morgan fingerprint density at radius 1 is 1.12 bits per heavy atom. The number of halogens is 3. The van der Waals surface area contributed by atoms with Gasteiger partial charge in [0, 0.05) is 12.1 Å². The number of alkyl halides is 3. The molecule has 1 aliphatic rings. The van der Waals surface area contributed by atoms with Crippen LogP contribution >= 0.6 is 0 Å². The van der Waals surface area contributed by atoms with Crippen molar-refractivity contribution in [1.82, 2.24) is 15.4 Å². The lowest BCUT2D eigenvalue weighted by Crippen LogP contribution is -2.53. The van der Waals surface area contributed by atoms with Crippen LogP contribution < -0.4 is 15.4 Å². The van der Waals surface area contributed by atoms with Crippen LogP contribution in [0.25, 0.3) is 0 Å². The van der Waals surface area contributed by atoms with Gasteiger partial charge in [-0.1, -0.05) is 13.8 Å². The normalized spacial score (nSPS) is 23.8. The molecule has 0 unspecified atom stereocenters. The second-order valence-corrected chi connectivity index (χ2v) is 8.56. The molecule has 3 N–H and O–H groups in total. The number of hydrogen-bond donors (Lipinski definition) is 3. The Kier molecular flexibility index (Phi) is 7.33. The minimum Gasteiger partial charge on any atom is -0.335 e. The third-order valence-corrected chi connectivity index (χ3v) is 4.61. The molecule has 0 saturated heterocycles. The zero-order chi connectivity index (χ0) is 18.5. The number of carbonyl (C=O) groups is 1. The summed E-state index contributed by atoms with van der Waals surface area (Å²) in [5.41, 5.74) is 0. The Balaban J connectivity index is 2.45. The number of carbonyl (C=O) groups excluding carboxylic acids is 1. The van der Waals surface area contributed by atoms with Gasteiger partial charge in [0.15, 0.2) is 0 Å². The Morgan fingerprint density at radius 3 is 2.04 bits per heavy atom. The minimum absolute atomic E-state index is 0.179. The van der Waals surface area contributed by atoms with E-state index >= 15 is 0 Å². The molecule has 1 atom stereocenters. The van der Waals surface area contributed by atoms with Gasteiger partial charge in [-0.15, -0.1) is 0 Å². The summed E-state index contributed by atoms with van der Waals surface area (Å²) < 4.78 is 63.6. The van der Waals surface area contributed by atoms with Crippen LogP contribution in [0.2, 0.25) is 0 Å². The largest absolute Gasteiger partial charge is 0.408 e. The van der Waals surface area contributed by atoms with E-state index in [2.05, 4.69) is 10.0 Å². The second-order valence-electron chi connectivity index (χ2n) is 6.78. The third kappa shape index (κ3) is 8.18. The molecule has 1 rings (SSSR count). The molecule has 0 bridgehead atoms. The van der Waals surface area contributed by atoms with Gasteiger partial charge in [0.2, 0.25) is 10.0 Å². The molecule has 1 aliphatic carbocycles. The predicted molar refractivity (Wildman–Crippen MR) is 85.0 cm³/mol. The van der Waals surface area contributed by atoms with Crippen molar-refractivity contribution in [2.75, 3.05) is 6.26 Å². The summed E-state index contributed by atoms with van der Waals surface area (Å²) in [7, 11) is -3.28. The Morgan fingerprint density at radius 2 is 1.62 bits per heavy atom. The number of amides is 2. The van der Waals surface area contributed by atoms with E-state index in [1.807, 2.05) is 5.32 Å². The molecule has 142 valence electrons. The highest BCUT2D eigenvalue weighted by Gasteiger charge is 2.41. The van der Waals surface area contributed by atoms with Gasteiger partial charge in [-0.05, 0) is 38.0 Å². The topological polar surface area (TPSA) is 87.3 Å². The van der Waals surface area contributed by atoms with Crippen LogP contribution in [0.4, 0.5) is 18.0 Å². The smallest absolute Gasteiger partial charge is 0.335 e. The van der Waals surface area contributed by atoms with Crippen molar-refractivity contribution >= 4 is 16.1 Å². The molecule has 0 aromatic rings. The lowest BCUT2D eigenvalue weighted by atomic mass is 9.92. The summed E-state index contributed by atoms with van der Waals surface area (Å²) >= 11 is 0. The van der Waals surface area contributed by atoms with Crippen molar-refractivity contribution in [3.63, 3.8) is 0 Å². The summed E-state index contributed by atoms with van der Waals surface area (Å²) in [6.07, 6.45) is -1.49. The third-order valence-electron chi connectivity index (χ3n) is 3.85. The average molecular weight is 373 g/mol. The quantitative estimate of drug-likeness (QED) is 0.666. The molecular weight excluding hydrogens is 347 g/mol. The summed E-state index contributed by atoms with van der Waals surface area (Å²) in [6.45, 7) is 3.32. The highest BCUT2D eigenvalue weighted by molar-refractivity contribution is 7.88. The molecule has 0 aliphatic heterocycles. The Hall–Kier alpha value is -1.03.